The van der Waals surface area contributed by atoms with Gasteiger partial charge in [-0.1, -0.05) is 23.4 Å². The second-order valence-corrected chi connectivity index (χ2v) is 6.49. The van der Waals surface area contributed by atoms with Crippen LogP contribution in [0.1, 0.15) is 29.9 Å². The van der Waals surface area contributed by atoms with Gasteiger partial charge < -0.3 is 14.6 Å². The molecular formula is C21H23N3O3. The molecule has 27 heavy (non-hydrogen) atoms. The molecule has 3 rings (SSSR count). The molecule has 3 aromatic rings. The number of carbonyl (C=O) groups excluding carboxylic acids is 1. The molecule has 1 heterocycles. The van der Waals surface area contributed by atoms with Crippen molar-refractivity contribution in [1.29, 1.82) is 0 Å². The Labute approximate surface area is 158 Å². The molecule has 0 aliphatic carbocycles. The summed E-state index contributed by atoms with van der Waals surface area (Å²) in [7, 11) is 1.61. The SMILES string of the molecule is COc1ccccc1-c1noc(CCCC(=O)Nc2cc(C)cc(C)c2)n1. The number of rotatable bonds is 7. The van der Waals surface area contributed by atoms with E-state index in [0.717, 1.165) is 22.4 Å². The second kappa shape index (κ2) is 8.49. The summed E-state index contributed by atoms with van der Waals surface area (Å²) in [6.07, 6.45) is 1.56. The monoisotopic (exact) mass is 365 g/mol. The van der Waals surface area contributed by atoms with Gasteiger partial charge in [0.25, 0.3) is 0 Å². The molecule has 1 amide bonds. The Hall–Kier alpha value is -3.15. The van der Waals surface area contributed by atoms with Crippen LogP contribution in [0.25, 0.3) is 11.4 Å². The van der Waals surface area contributed by atoms with Crippen LogP contribution in [0, 0.1) is 13.8 Å². The maximum atomic E-state index is 12.1. The minimum atomic E-state index is -0.0236. The third kappa shape index (κ3) is 4.94. The second-order valence-electron chi connectivity index (χ2n) is 6.49. The molecule has 0 spiro atoms. The van der Waals surface area contributed by atoms with Crippen LogP contribution in [-0.2, 0) is 11.2 Å². The number of carbonyl (C=O) groups is 1. The summed E-state index contributed by atoms with van der Waals surface area (Å²) < 4.78 is 10.6. The fourth-order valence-corrected chi connectivity index (χ4v) is 2.97. The normalized spacial score (nSPS) is 10.6. The first-order valence-electron chi connectivity index (χ1n) is 8.89. The van der Waals surface area contributed by atoms with Gasteiger partial charge in [0, 0.05) is 18.5 Å². The zero-order valence-electron chi connectivity index (χ0n) is 15.8. The van der Waals surface area contributed by atoms with Gasteiger partial charge in [-0.3, -0.25) is 4.79 Å². The summed E-state index contributed by atoms with van der Waals surface area (Å²) >= 11 is 0. The van der Waals surface area contributed by atoms with E-state index in [9.17, 15) is 4.79 Å². The number of aryl methyl sites for hydroxylation is 3. The molecule has 0 aliphatic rings. The number of ether oxygens (including phenoxy) is 1. The Morgan fingerprint density at radius 1 is 1.15 bits per heavy atom. The predicted octanol–water partition coefficient (Wildman–Crippen LogP) is 4.32. The van der Waals surface area contributed by atoms with E-state index in [-0.39, 0.29) is 5.91 Å². The highest BCUT2D eigenvalue weighted by Crippen LogP contribution is 2.27. The molecule has 0 saturated heterocycles. The quantitative estimate of drug-likeness (QED) is 0.674. The van der Waals surface area contributed by atoms with Crippen LogP contribution in [0.5, 0.6) is 5.75 Å². The van der Waals surface area contributed by atoms with Gasteiger partial charge in [0.05, 0.1) is 12.7 Å². The summed E-state index contributed by atoms with van der Waals surface area (Å²) in [6, 6.07) is 13.5. The predicted molar refractivity (Wildman–Crippen MR) is 104 cm³/mol. The number of anilines is 1. The third-order valence-corrected chi connectivity index (χ3v) is 4.12. The van der Waals surface area contributed by atoms with Gasteiger partial charge >= 0.3 is 0 Å². The van der Waals surface area contributed by atoms with Crippen molar-refractivity contribution in [2.24, 2.45) is 0 Å². The van der Waals surface area contributed by atoms with Crippen LogP contribution in [0.4, 0.5) is 5.69 Å². The Bertz CT molecular complexity index is 914. The highest BCUT2D eigenvalue weighted by molar-refractivity contribution is 5.90. The van der Waals surface area contributed by atoms with E-state index in [1.165, 1.54) is 0 Å². The van der Waals surface area contributed by atoms with E-state index >= 15 is 0 Å². The molecule has 0 radical (unpaired) electrons. The zero-order chi connectivity index (χ0) is 19.2. The van der Waals surface area contributed by atoms with Crippen molar-refractivity contribution in [1.82, 2.24) is 10.1 Å². The van der Waals surface area contributed by atoms with Crippen molar-refractivity contribution >= 4 is 11.6 Å². The number of nitrogens with zero attached hydrogens (tertiary/aromatic N) is 2. The lowest BCUT2D eigenvalue weighted by Crippen LogP contribution is -2.11. The molecule has 6 heteroatoms. The molecule has 0 fully saturated rings. The number of hydrogen-bond donors (Lipinski definition) is 1. The van der Waals surface area contributed by atoms with Gasteiger partial charge in [-0.05, 0) is 55.7 Å². The Morgan fingerprint density at radius 2 is 1.89 bits per heavy atom. The molecule has 0 aliphatic heterocycles. The summed E-state index contributed by atoms with van der Waals surface area (Å²) in [5.74, 6) is 1.67. The Kier molecular flexibility index (Phi) is 5.86. The van der Waals surface area contributed by atoms with Crippen LogP contribution in [0.15, 0.2) is 47.0 Å². The maximum Gasteiger partial charge on any atom is 0.226 e. The van der Waals surface area contributed by atoms with Gasteiger partial charge in [0.15, 0.2) is 0 Å². The first-order chi connectivity index (χ1) is 13.0. The molecule has 1 aromatic heterocycles. The number of aromatic nitrogens is 2. The van der Waals surface area contributed by atoms with Crippen molar-refractivity contribution in [3.63, 3.8) is 0 Å². The van der Waals surface area contributed by atoms with E-state index in [0.29, 0.717) is 36.7 Å². The largest absolute Gasteiger partial charge is 0.496 e. The fourth-order valence-electron chi connectivity index (χ4n) is 2.97. The molecule has 0 bridgehead atoms. The molecule has 140 valence electrons. The lowest BCUT2D eigenvalue weighted by molar-refractivity contribution is -0.116. The molecule has 0 unspecified atom stereocenters. The lowest BCUT2D eigenvalue weighted by atomic mass is 10.1. The van der Waals surface area contributed by atoms with Crippen LogP contribution < -0.4 is 10.1 Å². The maximum absolute atomic E-state index is 12.1. The zero-order valence-corrected chi connectivity index (χ0v) is 15.8. The number of hydrogen-bond acceptors (Lipinski definition) is 5. The average molecular weight is 365 g/mol. The summed E-state index contributed by atoms with van der Waals surface area (Å²) in [5, 5.41) is 6.95. The van der Waals surface area contributed by atoms with Gasteiger partial charge in [0.2, 0.25) is 17.6 Å². The molecule has 2 aromatic carbocycles. The van der Waals surface area contributed by atoms with Gasteiger partial charge in [-0.2, -0.15) is 4.98 Å². The first kappa shape index (κ1) is 18.6. The van der Waals surface area contributed by atoms with E-state index in [1.54, 1.807) is 7.11 Å². The van der Waals surface area contributed by atoms with Crippen LogP contribution in [-0.4, -0.2) is 23.2 Å². The highest BCUT2D eigenvalue weighted by Gasteiger charge is 2.13. The molecule has 1 N–H and O–H groups in total. The Morgan fingerprint density at radius 3 is 2.63 bits per heavy atom. The number of methoxy groups -OCH3 is 1. The lowest BCUT2D eigenvalue weighted by Gasteiger charge is -2.07. The summed E-state index contributed by atoms with van der Waals surface area (Å²) in [4.78, 5) is 16.5. The number of para-hydroxylation sites is 1. The minimum absolute atomic E-state index is 0.0236. The molecule has 0 atom stereocenters. The number of amides is 1. The van der Waals surface area contributed by atoms with Gasteiger partial charge in [-0.15, -0.1) is 0 Å². The molecule has 6 nitrogen and oxygen atoms in total. The highest BCUT2D eigenvalue weighted by atomic mass is 16.5. The van der Waals surface area contributed by atoms with Crippen LogP contribution >= 0.6 is 0 Å². The minimum Gasteiger partial charge on any atom is -0.496 e. The van der Waals surface area contributed by atoms with Crippen molar-refractivity contribution < 1.29 is 14.1 Å². The van der Waals surface area contributed by atoms with Crippen molar-refractivity contribution in [2.75, 3.05) is 12.4 Å². The number of benzene rings is 2. The average Bonchev–Trinajstić information content (AvgIpc) is 3.09. The van der Waals surface area contributed by atoms with Gasteiger partial charge in [-0.25, -0.2) is 0 Å². The van der Waals surface area contributed by atoms with Crippen LogP contribution in [0.3, 0.4) is 0 Å². The van der Waals surface area contributed by atoms with Crippen molar-refractivity contribution in [2.45, 2.75) is 33.1 Å². The summed E-state index contributed by atoms with van der Waals surface area (Å²) in [6.45, 7) is 4.02. The van der Waals surface area contributed by atoms with Crippen molar-refractivity contribution in [3.05, 3.63) is 59.5 Å². The van der Waals surface area contributed by atoms with E-state index in [4.69, 9.17) is 9.26 Å². The van der Waals surface area contributed by atoms with E-state index < -0.39 is 0 Å². The molecule has 0 saturated carbocycles. The van der Waals surface area contributed by atoms with E-state index in [1.807, 2.05) is 50.2 Å². The standard InChI is InChI=1S/C21H23N3O3/c1-14-11-15(2)13-16(12-14)22-19(25)9-6-10-20-23-21(24-27-20)17-7-4-5-8-18(17)26-3/h4-5,7-8,11-13H,6,9-10H2,1-3H3,(H,22,25). The first-order valence-corrected chi connectivity index (χ1v) is 8.89. The number of nitrogens with one attached hydrogen (secondary N) is 1. The van der Waals surface area contributed by atoms with Crippen molar-refractivity contribution in [3.8, 4) is 17.1 Å². The summed E-state index contributed by atoms with van der Waals surface area (Å²) in [5.41, 5.74) is 3.86. The molecular weight excluding hydrogens is 342 g/mol. The Balaban J connectivity index is 1.53. The smallest absolute Gasteiger partial charge is 0.226 e. The van der Waals surface area contributed by atoms with Crippen LogP contribution in [0.2, 0.25) is 0 Å². The van der Waals surface area contributed by atoms with Gasteiger partial charge in [0.1, 0.15) is 5.75 Å². The topological polar surface area (TPSA) is 77.2 Å². The fraction of sp³-hybridized carbons (Fsp3) is 0.286. The van der Waals surface area contributed by atoms with E-state index in [2.05, 4.69) is 21.5 Å². The third-order valence-electron chi connectivity index (χ3n) is 4.12.